The molecular formula is C24H30N2O4. The number of esters is 1. The Kier molecular flexibility index (Phi) is 7.75. The van der Waals surface area contributed by atoms with Gasteiger partial charge in [0.1, 0.15) is 6.04 Å². The minimum atomic E-state index is -0.871. The number of hydrogen-bond acceptors (Lipinski definition) is 4. The van der Waals surface area contributed by atoms with E-state index in [2.05, 4.69) is 31.4 Å². The lowest BCUT2D eigenvalue weighted by Crippen LogP contribution is -2.41. The van der Waals surface area contributed by atoms with Crippen LogP contribution >= 0.6 is 0 Å². The number of ether oxygens (including phenoxy) is 1. The van der Waals surface area contributed by atoms with E-state index in [0.29, 0.717) is 12.1 Å². The van der Waals surface area contributed by atoms with Crippen LogP contribution in [0.4, 0.5) is 0 Å². The molecule has 6 heteroatoms. The summed E-state index contributed by atoms with van der Waals surface area (Å²) in [6.45, 7) is 9.73. The van der Waals surface area contributed by atoms with Crippen molar-refractivity contribution in [3.8, 4) is 0 Å². The van der Waals surface area contributed by atoms with Gasteiger partial charge in [-0.2, -0.15) is 0 Å². The zero-order valence-electron chi connectivity index (χ0n) is 18.2. The van der Waals surface area contributed by atoms with Crippen molar-refractivity contribution in [3.05, 3.63) is 70.8 Å². The number of hydrogen-bond donors (Lipinski definition) is 2. The minimum Gasteiger partial charge on any atom is -0.454 e. The molecule has 0 aliphatic heterocycles. The summed E-state index contributed by atoms with van der Waals surface area (Å²) in [6, 6.07) is 14.1. The molecule has 0 radical (unpaired) electrons. The van der Waals surface area contributed by atoms with Crippen LogP contribution in [0.1, 0.15) is 54.7 Å². The van der Waals surface area contributed by atoms with E-state index in [1.54, 1.807) is 12.1 Å². The van der Waals surface area contributed by atoms with E-state index in [-0.39, 0.29) is 11.3 Å². The Morgan fingerprint density at radius 1 is 1.00 bits per heavy atom. The number of aryl methyl sites for hydroxylation is 1. The molecule has 160 valence electrons. The maximum Gasteiger partial charge on any atom is 0.328 e. The Morgan fingerprint density at radius 2 is 1.63 bits per heavy atom. The molecule has 0 saturated heterocycles. The maximum atomic E-state index is 12.4. The molecule has 0 aromatic heterocycles. The van der Waals surface area contributed by atoms with Crippen LogP contribution in [0.3, 0.4) is 0 Å². The molecule has 2 aromatic carbocycles. The number of benzene rings is 2. The summed E-state index contributed by atoms with van der Waals surface area (Å²) in [4.78, 5) is 36.4. The van der Waals surface area contributed by atoms with Gasteiger partial charge >= 0.3 is 5.97 Å². The Labute approximate surface area is 178 Å². The summed E-state index contributed by atoms with van der Waals surface area (Å²) in [6.07, 6.45) is 0. The van der Waals surface area contributed by atoms with Crippen molar-refractivity contribution in [3.63, 3.8) is 0 Å². The first-order valence-electron chi connectivity index (χ1n) is 9.97. The first-order valence-corrected chi connectivity index (χ1v) is 9.97. The van der Waals surface area contributed by atoms with E-state index >= 15 is 0 Å². The van der Waals surface area contributed by atoms with Crippen molar-refractivity contribution < 1.29 is 19.1 Å². The number of rotatable bonds is 7. The Bertz CT molecular complexity index is 898. The van der Waals surface area contributed by atoms with E-state index < -0.39 is 24.5 Å². The van der Waals surface area contributed by atoms with Crippen LogP contribution in [0, 0.1) is 6.92 Å². The van der Waals surface area contributed by atoms with E-state index in [4.69, 9.17) is 4.74 Å². The van der Waals surface area contributed by atoms with Gasteiger partial charge in [-0.05, 0) is 48.1 Å². The molecular weight excluding hydrogens is 380 g/mol. The first kappa shape index (κ1) is 23.1. The van der Waals surface area contributed by atoms with Crippen LogP contribution in [-0.4, -0.2) is 30.4 Å². The Hall–Kier alpha value is -3.15. The molecule has 0 spiro atoms. The summed E-state index contributed by atoms with van der Waals surface area (Å²) in [5, 5.41) is 5.31. The highest BCUT2D eigenvalue weighted by Gasteiger charge is 2.20. The zero-order chi connectivity index (χ0) is 22.3. The van der Waals surface area contributed by atoms with Crippen LogP contribution in [0.2, 0.25) is 0 Å². The van der Waals surface area contributed by atoms with E-state index in [9.17, 15) is 14.4 Å². The van der Waals surface area contributed by atoms with Crippen LogP contribution in [0.5, 0.6) is 0 Å². The first-order chi connectivity index (χ1) is 14.1. The predicted octanol–water partition coefficient (Wildman–Crippen LogP) is 3.27. The monoisotopic (exact) mass is 410 g/mol. The normalized spacial score (nSPS) is 12.0. The summed E-state index contributed by atoms with van der Waals surface area (Å²) < 4.78 is 5.02. The molecule has 0 heterocycles. The molecule has 2 aromatic rings. The minimum absolute atomic E-state index is 0.00805. The number of amides is 2. The second-order valence-electron chi connectivity index (χ2n) is 8.33. The second-order valence-corrected chi connectivity index (χ2v) is 8.33. The van der Waals surface area contributed by atoms with Gasteiger partial charge in [0, 0.05) is 12.1 Å². The van der Waals surface area contributed by atoms with Crippen LogP contribution in [-0.2, 0) is 26.3 Å². The van der Waals surface area contributed by atoms with Crippen LogP contribution in [0.25, 0.3) is 0 Å². The SMILES string of the molecule is Cc1ccccc1CNC(=O)COC(=O)[C@H](C)NC(=O)c1ccc(C(C)(C)C)cc1. The van der Waals surface area contributed by atoms with Crippen molar-refractivity contribution in [2.45, 2.75) is 52.6 Å². The highest BCUT2D eigenvalue weighted by Crippen LogP contribution is 2.22. The van der Waals surface area contributed by atoms with Crippen molar-refractivity contribution in [1.82, 2.24) is 10.6 Å². The lowest BCUT2D eigenvalue weighted by Gasteiger charge is -2.19. The Morgan fingerprint density at radius 3 is 2.23 bits per heavy atom. The van der Waals surface area contributed by atoms with Crippen molar-refractivity contribution >= 4 is 17.8 Å². The average Bonchev–Trinajstić information content (AvgIpc) is 2.70. The predicted molar refractivity (Wildman–Crippen MR) is 116 cm³/mol. The second kappa shape index (κ2) is 10.1. The fourth-order valence-electron chi connectivity index (χ4n) is 2.78. The van der Waals surface area contributed by atoms with Gasteiger partial charge in [0.15, 0.2) is 6.61 Å². The third-order valence-electron chi connectivity index (χ3n) is 4.80. The van der Waals surface area contributed by atoms with Gasteiger partial charge in [0.25, 0.3) is 11.8 Å². The highest BCUT2D eigenvalue weighted by atomic mass is 16.5. The molecule has 6 nitrogen and oxygen atoms in total. The summed E-state index contributed by atoms with van der Waals surface area (Å²) in [5.41, 5.74) is 3.63. The molecule has 0 saturated carbocycles. The van der Waals surface area contributed by atoms with Gasteiger partial charge in [-0.25, -0.2) is 4.79 Å². The number of nitrogens with one attached hydrogen (secondary N) is 2. The van der Waals surface area contributed by atoms with Crippen molar-refractivity contribution in [2.24, 2.45) is 0 Å². The third-order valence-corrected chi connectivity index (χ3v) is 4.80. The summed E-state index contributed by atoms with van der Waals surface area (Å²) in [5.74, 6) is -1.44. The fraction of sp³-hybridized carbons (Fsp3) is 0.375. The van der Waals surface area contributed by atoms with Crippen molar-refractivity contribution in [2.75, 3.05) is 6.61 Å². The molecule has 0 aliphatic rings. The van der Waals surface area contributed by atoms with Gasteiger partial charge in [-0.1, -0.05) is 57.2 Å². The quantitative estimate of drug-likeness (QED) is 0.686. The van der Waals surface area contributed by atoms with Crippen LogP contribution < -0.4 is 10.6 Å². The Balaban J connectivity index is 1.79. The van der Waals surface area contributed by atoms with Gasteiger partial charge in [0.2, 0.25) is 0 Å². The lowest BCUT2D eigenvalue weighted by atomic mass is 9.86. The molecule has 30 heavy (non-hydrogen) atoms. The molecule has 2 N–H and O–H groups in total. The topological polar surface area (TPSA) is 84.5 Å². The molecule has 2 rings (SSSR count). The average molecular weight is 411 g/mol. The van der Waals surface area contributed by atoms with E-state index in [1.165, 1.54) is 6.92 Å². The maximum absolute atomic E-state index is 12.4. The molecule has 0 unspecified atom stereocenters. The largest absolute Gasteiger partial charge is 0.454 e. The standard InChI is InChI=1S/C24H30N2O4/c1-16-8-6-7-9-19(16)14-25-21(27)15-30-23(29)17(2)26-22(28)18-10-12-20(13-11-18)24(3,4)5/h6-13,17H,14-15H2,1-5H3,(H,25,27)(H,26,28)/t17-/m0/s1. The molecule has 0 bridgehead atoms. The molecule has 2 amide bonds. The summed E-state index contributed by atoms with van der Waals surface area (Å²) in [7, 11) is 0. The smallest absolute Gasteiger partial charge is 0.328 e. The third kappa shape index (κ3) is 6.72. The van der Waals surface area contributed by atoms with Gasteiger partial charge in [-0.15, -0.1) is 0 Å². The van der Waals surface area contributed by atoms with E-state index in [0.717, 1.165) is 16.7 Å². The lowest BCUT2D eigenvalue weighted by molar-refractivity contribution is -0.150. The molecule has 0 fully saturated rings. The number of carbonyl (C=O) groups is 3. The fourth-order valence-corrected chi connectivity index (χ4v) is 2.78. The molecule has 0 aliphatic carbocycles. The van der Waals surface area contributed by atoms with Gasteiger partial charge < -0.3 is 15.4 Å². The highest BCUT2D eigenvalue weighted by molar-refractivity contribution is 5.96. The van der Waals surface area contributed by atoms with E-state index in [1.807, 2.05) is 43.3 Å². The summed E-state index contributed by atoms with van der Waals surface area (Å²) >= 11 is 0. The zero-order valence-corrected chi connectivity index (χ0v) is 18.2. The van der Waals surface area contributed by atoms with Gasteiger partial charge in [0.05, 0.1) is 0 Å². The molecule has 1 atom stereocenters. The number of carbonyl (C=O) groups excluding carboxylic acids is 3. The van der Waals surface area contributed by atoms with Gasteiger partial charge in [-0.3, -0.25) is 9.59 Å². The van der Waals surface area contributed by atoms with Crippen molar-refractivity contribution in [1.29, 1.82) is 0 Å². The van der Waals surface area contributed by atoms with Crippen LogP contribution in [0.15, 0.2) is 48.5 Å².